The largest absolute Gasteiger partial charge is 0.534 e. The average Bonchev–Trinajstić information content (AvgIpc) is 3.54. The maximum Gasteiger partial charge on any atom is 0.534 e. The highest BCUT2D eigenvalue weighted by Crippen LogP contribution is 2.55. The molecule has 1 N–H and O–H groups in total. The lowest BCUT2D eigenvalue weighted by molar-refractivity contribution is -0.0500. The van der Waals surface area contributed by atoms with Gasteiger partial charge in [0.2, 0.25) is 0 Å². The first-order valence-electron chi connectivity index (χ1n) is 13.1. The van der Waals surface area contributed by atoms with Crippen molar-refractivity contribution in [1.29, 1.82) is 0 Å². The minimum atomic E-state index is -5.77. The number of phenolic OH excluding ortho intramolecular Hbond substituents is 1. The Balaban J connectivity index is 1.46. The summed E-state index contributed by atoms with van der Waals surface area (Å²) < 4.78 is 68.2. The number of likely N-dealkylation sites (tertiary alicyclic amines) is 1. The van der Waals surface area contributed by atoms with E-state index in [9.17, 15) is 26.7 Å². The molecule has 1 heterocycles. The van der Waals surface area contributed by atoms with Crippen molar-refractivity contribution in [2.75, 3.05) is 20.1 Å². The molecule has 4 aliphatic rings. The summed E-state index contributed by atoms with van der Waals surface area (Å²) in [5.74, 6) is 0.0942. The summed E-state index contributed by atoms with van der Waals surface area (Å²) in [7, 11) is -3.71. The van der Waals surface area contributed by atoms with Crippen molar-refractivity contribution in [1.82, 2.24) is 4.90 Å². The van der Waals surface area contributed by atoms with Gasteiger partial charge in [0, 0.05) is 5.56 Å². The second-order valence-electron chi connectivity index (χ2n) is 11.9. The van der Waals surface area contributed by atoms with Crippen LogP contribution in [0.2, 0.25) is 0 Å². The quantitative estimate of drug-likeness (QED) is 0.400. The number of alkyl halides is 3. The lowest BCUT2D eigenvalue weighted by Gasteiger charge is -2.37. The molecule has 200 valence electrons. The first kappa shape index (κ1) is 25.0. The summed E-state index contributed by atoms with van der Waals surface area (Å²) in [5.41, 5.74) is 0.0677. The summed E-state index contributed by atoms with van der Waals surface area (Å²) in [6.07, 6.45) is 9.34. The zero-order valence-corrected chi connectivity index (χ0v) is 21.8. The number of piperidine rings is 1. The second kappa shape index (κ2) is 8.37. The molecule has 2 spiro atoms. The molecule has 0 unspecified atom stereocenters. The Labute approximate surface area is 215 Å². The van der Waals surface area contributed by atoms with Crippen LogP contribution < -0.4 is 4.18 Å². The molecule has 0 amide bonds. The summed E-state index contributed by atoms with van der Waals surface area (Å²) >= 11 is 0. The van der Waals surface area contributed by atoms with Gasteiger partial charge in [-0.05, 0) is 122 Å². The summed E-state index contributed by atoms with van der Waals surface area (Å²) in [5, 5.41) is 10.7. The maximum atomic E-state index is 13.2. The SMILES string of the molecule is CN1CCC2(CC1)Cc1c(OS(=O)(=O)C(F)(F)F)ccc(-c3ccc(O)c4c3CC3(CCCC3)C4)c1C2. The first-order valence-corrected chi connectivity index (χ1v) is 14.5. The van der Waals surface area contributed by atoms with Crippen LogP contribution >= 0.6 is 0 Å². The molecule has 37 heavy (non-hydrogen) atoms. The van der Waals surface area contributed by atoms with Gasteiger partial charge in [-0.15, -0.1) is 0 Å². The number of benzene rings is 2. The Hall–Kier alpha value is -2.26. The van der Waals surface area contributed by atoms with E-state index in [1.807, 2.05) is 6.07 Å². The molecular formula is C28H32F3NO4S. The summed E-state index contributed by atoms with van der Waals surface area (Å²) in [6, 6.07) is 6.77. The van der Waals surface area contributed by atoms with Crippen LogP contribution in [-0.2, 0) is 35.8 Å². The van der Waals surface area contributed by atoms with Crippen molar-refractivity contribution in [2.24, 2.45) is 10.8 Å². The smallest absolute Gasteiger partial charge is 0.508 e. The van der Waals surface area contributed by atoms with E-state index in [0.29, 0.717) is 24.2 Å². The van der Waals surface area contributed by atoms with Gasteiger partial charge in [-0.1, -0.05) is 25.0 Å². The number of hydrogen-bond donors (Lipinski definition) is 1. The Morgan fingerprint density at radius 2 is 1.32 bits per heavy atom. The van der Waals surface area contributed by atoms with Crippen molar-refractivity contribution >= 4 is 10.1 Å². The highest BCUT2D eigenvalue weighted by molar-refractivity contribution is 7.88. The summed E-state index contributed by atoms with van der Waals surface area (Å²) in [4.78, 5) is 2.24. The fraction of sp³-hybridized carbons (Fsp3) is 0.571. The van der Waals surface area contributed by atoms with E-state index >= 15 is 0 Å². The second-order valence-corrected chi connectivity index (χ2v) is 13.4. The monoisotopic (exact) mass is 535 g/mol. The predicted octanol–water partition coefficient (Wildman–Crippen LogP) is 5.76. The van der Waals surface area contributed by atoms with Crippen LogP contribution in [0.4, 0.5) is 13.2 Å². The van der Waals surface area contributed by atoms with Gasteiger partial charge < -0.3 is 14.2 Å². The van der Waals surface area contributed by atoms with E-state index in [0.717, 1.165) is 79.4 Å². The van der Waals surface area contributed by atoms with Crippen LogP contribution in [0.15, 0.2) is 24.3 Å². The zero-order chi connectivity index (χ0) is 26.2. The number of nitrogens with zero attached hydrogens (tertiary/aromatic N) is 1. The predicted molar refractivity (Wildman–Crippen MR) is 134 cm³/mol. The molecule has 0 aromatic heterocycles. The topological polar surface area (TPSA) is 66.8 Å². The van der Waals surface area contributed by atoms with Gasteiger partial charge in [-0.2, -0.15) is 21.6 Å². The first-order chi connectivity index (χ1) is 17.4. The molecule has 0 atom stereocenters. The van der Waals surface area contributed by atoms with Crippen LogP contribution in [0.25, 0.3) is 11.1 Å². The van der Waals surface area contributed by atoms with Crippen molar-refractivity contribution in [2.45, 2.75) is 69.7 Å². The molecule has 5 nitrogen and oxygen atoms in total. The molecule has 2 fully saturated rings. The summed E-state index contributed by atoms with van der Waals surface area (Å²) in [6.45, 7) is 1.77. The van der Waals surface area contributed by atoms with E-state index in [1.165, 1.54) is 18.9 Å². The van der Waals surface area contributed by atoms with Crippen LogP contribution in [0.1, 0.15) is 60.8 Å². The molecule has 2 aromatic carbocycles. The van der Waals surface area contributed by atoms with Crippen LogP contribution in [0.5, 0.6) is 11.5 Å². The normalized spacial score (nSPS) is 22.5. The Morgan fingerprint density at radius 3 is 1.95 bits per heavy atom. The molecular weight excluding hydrogens is 503 g/mol. The maximum absolute atomic E-state index is 13.2. The third-order valence-electron chi connectivity index (χ3n) is 9.49. The Morgan fingerprint density at radius 1 is 0.811 bits per heavy atom. The number of halogens is 3. The number of fused-ring (bicyclic) bond motifs is 2. The number of rotatable bonds is 3. The molecule has 9 heteroatoms. The lowest BCUT2D eigenvalue weighted by atomic mass is 9.75. The lowest BCUT2D eigenvalue weighted by Crippen LogP contribution is -2.38. The van der Waals surface area contributed by atoms with E-state index in [1.54, 1.807) is 12.1 Å². The molecule has 1 saturated carbocycles. The highest BCUT2D eigenvalue weighted by atomic mass is 32.2. The zero-order valence-electron chi connectivity index (χ0n) is 21.0. The molecule has 2 aromatic rings. The minimum absolute atomic E-state index is 0.127. The molecule has 1 saturated heterocycles. The highest BCUT2D eigenvalue weighted by Gasteiger charge is 2.50. The number of phenols is 1. The standard InChI is InChI=1S/C28H32F3NO4S/c1-32-12-10-27(11-13-32)15-21-19(5-7-25(23(21)17-27)36-37(34,35)28(29,30)31)18-4-6-24(33)22-16-26(14-20(18)22)8-2-3-9-26/h4-7,33H,2-3,8-17H2,1H3. The van der Waals surface area contributed by atoms with Crippen molar-refractivity contribution in [3.8, 4) is 22.6 Å². The average molecular weight is 536 g/mol. The van der Waals surface area contributed by atoms with Gasteiger partial charge in [0.15, 0.2) is 0 Å². The van der Waals surface area contributed by atoms with E-state index < -0.39 is 15.6 Å². The Bertz CT molecular complexity index is 1350. The molecule has 1 aliphatic heterocycles. The third-order valence-corrected chi connectivity index (χ3v) is 10.5. The van der Waals surface area contributed by atoms with Crippen molar-refractivity contribution < 1.29 is 30.9 Å². The molecule has 0 radical (unpaired) electrons. The van der Waals surface area contributed by atoms with Gasteiger partial charge in [0.25, 0.3) is 0 Å². The van der Waals surface area contributed by atoms with Crippen LogP contribution in [0, 0.1) is 10.8 Å². The fourth-order valence-corrected chi connectivity index (χ4v) is 7.93. The molecule has 0 bridgehead atoms. The van der Waals surface area contributed by atoms with Crippen molar-refractivity contribution in [3.63, 3.8) is 0 Å². The Kier molecular flexibility index (Phi) is 5.66. The molecule has 3 aliphatic carbocycles. The van der Waals surface area contributed by atoms with Crippen LogP contribution in [0.3, 0.4) is 0 Å². The third kappa shape index (κ3) is 4.13. The van der Waals surface area contributed by atoms with Crippen LogP contribution in [-0.4, -0.2) is 44.1 Å². The van der Waals surface area contributed by atoms with E-state index in [4.69, 9.17) is 4.18 Å². The fourth-order valence-electron chi connectivity index (χ4n) is 7.45. The van der Waals surface area contributed by atoms with Crippen molar-refractivity contribution in [3.05, 3.63) is 46.5 Å². The number of aromatic hydroxyl groups is 1. The van der Waals surface area contributed by atoms with Gasteiger partial charge in [-0.25, -0.2) is 0 Å². The van der Waals surface area contributed by atoms with Gasteiger partial charge >= 0.3 is 15.6 Å². The van der Waals surface area contributed by atoms with Gasteiger partial charge in [0.05, 0.1) is 0 Å². The van der Waals surface area contributed by atoms with Gasteiger partial charge in [-0.3, -0.25) is 0 Å². The van der Waals surface area contributed by atoms with E-state index in [-0.39, 0.29) is 16.6 Å². The van der Waals surface area contributed by atoms with Gasteiger partial charge in [0.1, 0.15) is 11.5 Å². The molecule has 6 rings (SSSR count). The van der Waals surface area contributed by atoms with E-state index in [2.05, 4.69) is 11.9 Å². The number of hydrogen-bond acceptors (Lipinski definition) is 5. The minimum Gasteiger partial charge on any atom is -0.508 e.